The van der Waals surface area contributed by atoms with E-state index in [2.05, 4.69) is 5.32 Å². The Kier molecular flexibility index (Phi) is 3.56. The van der Waals surface area contributed by atoms with Crippen molar-refractivity contribution >= 4 is 17.3 Å². The molecular weight excluding hydrogens is 244 g/mol. The average molecular weight is 258 g/mol. The lowest BCUT2D eigenvalue weighted by Crippen LogP contribution is -2.13. The van der Waals surface area contributed by atoms with Crippen LogP contribution in [0.5, 0.6) is 11.5 Å². The molecule has 0 saturated carbocycles. The molecule has 4 N–H and O–H groups in total. The number of phenolic OH excluding ortho intramolecular Hbond substituents is 1. The van der Waals surface area contributed by atoms with Crippen LogP contribution in [0.4, 0.5) is 11.4 Å². The minimum atomic E-state index is -0.450. The van der Waals surface area contributed by atoms with Gasteiger partial charge >= 0.3 is 0 Å². The number of para-hydroxylation sites is 3. The van der Waals surface area contributed by atoms with Gasteiger partial charge in [0.1, 0.15) is 5.75 Å². The largest absolute Gasteiger partial charge is 0.505 e. The Balaban J connectivity index is 2.28. The third kappa shape index (κ3) is 2.60. The van der Waals surface area contributed by atoms with Crippen molar-refractivity contribution in [2.45, 2.75) is 0 Å². The highest BCUT2D eigenvalue weighted by atomic mass is 16.5. The van der Waals surface area contributed by atoms with Gasteiger partial charge in [0.2, 0.25) is 0 Å². The summed E-state index contributed by atoms with van der Waals surface area (Å²) in [4.78, 5) is 12.1. The van der Waals surface area contributed by atoms with Crippen LogP contribution in [0, 0.1) is 0 Å². The molecule has 0 bridgehead atoms. The molecule has 0 saturated heterocycles. The normalized spacial score (nSPS) is 9.95. The van der Waals surface area contributed by atoms with Gasteiger partial charge in [-0.25, -0.2) is 0 Å². The maximum atomic E-state index is 12.1. The van der Waals surface area contributed by atoms with Crippen LogP contribution in [0.1, 0.15) is 10.4 Å². The lowest BCUT2D eigenvalue weighted by atomic mass is 10.1. The van der Waals surface area contributed by atoms with E-state index in [1.165, 1.54) is 19.2 Å². The van der Waals surface area contributed by atoms with E-state index in [0.29, 0.717) is 11.4 Å². The second-order valence-electron chi connectivity index (χ2n) is 3.90. The Labute approximate surface area is 110 Å². The number of anilines is 2. The van der Waals surface area contributed by atoms with E-state index in [1.807, 2.05) is 0 Å². The summed E-state index contributed by atoms with van der Waals surface area (Å²) >= 11 is 0. The van der Waals surface area contributed by atoms with Gasteiger partial charge in [0.05, 0.1) is 24.0 Å². The van der Waals surface area contributed by atoms with Crippen LogP contribution >= 0.6 is 0 Å². The molecule has 1 amide bonds. The monoisotopic (exact) mass is 258 g/mol. The van der Waals surface area contributed by atoms with Crippen LogP contribution in [-0.4, -0.2) is 18.1 Å². The SMILES string of the molecule is COc1ccccc1NC(=O)c1cccc(N)c1O. The van der Waals surface area contributed by atoms with Gasteiger partial charge < -0.3 is 20.9 Å². The van der Waals surface area contributed by atoms with Gasteiger partial charge in [-0.2, -0.15) is 0 Å². The van der Waals surface area contributed by atoms with Crippen molar-refractivity contribution in [2.24, 2.45) is 0 Å². The molecule has 2 aromatic rings. The zero-order valence-corrected chi connectivity index (χ0v) is 10.4. The predicted molar refractivity (Wildman–Crippen MR) is 73.5 cm³/mol. The van der Waals surface area contributed by atoms with Gasteiger partial charge in [-0.05, 0) is 24.3 Å². The van der Waals surface area contributed by atoms with E-state index < -0.39 is 5.91 Å². The minimum absolute atomic E-state index is 0.117. The van der Waals surface area contributed by atoms with Crippen molar-refractivity contribution in [3.63, 3.8) is 0 Å². The van der Waals surface area contributed by atoms with Crippen molar-refractivity contribution < 1.29 is 14.6 Å². The van der Waals surface area contributed by atoms with Crippen molar-refractivity contribution in [2.75, 3.05) is 18.2 Å². The van der Waals surface area contributed by atoms with Crippen molar-refractivity contribution in [3.05, 3.63) is 48.0 Å². The second kappa shape index (κ2) is 5.30. The van der Waals surface area contributed by atoms with Gasteiger partial charge in [0.25, 0.3) is 5.91 Å². The fraction of sp³-hybridized carbons (Fsp3) is 0.0714. The number of aromatic hydroxyl groups is 1. The highest BCUT2D eigenvalue weighted by Crippen LogP contribution is 2.27. The van der Waals surface area contributed by atoms with E-state index in [1.54, 1.807) is 30.3 Å². The molecule has 0 unspecified atom stereocenters. The first kappa shape index (κ1) is 12.8. The first-order valence-electron chi connectivity index (χ1n) is 5.65. The molecular formula is C14H14N2O3. The molecule has 98 valence electrons. The Bertz CT molecular complexity index is 611. The van der Waals surface area contributed by atoms with Gasteiger partial charge in [-0.3, -0.25) is 4.79 Å². The van der Waals surface area contributed by atoms with E-state index in [0.717, 1.165) is 0 Å². The number of hydrogen-bond donors (Lipinski definition) is 3. The molecule has 5 nitrogen and oxygen atoms in total. The van der Waals surface area contributed by atoms with Gasteiger partial charge in [-0.1, -0.05) is 18.2 Å². The smallest absolute Gasteiger partial charge is 0.259 e. The van der Waals surface area contributed by atoms with Crippen molar-refractivity contribution in [3.8, 4) is 11.5 Å². The number of methoxy groups -OCH3 is 1. The van der Waals surface area contributed by atoms with E-state index >= 15 is 0 Å². The van der Waals surface area contributed by atoms with Crippen LogP contribution in [0.25, 0.3) is 0 Å². The predicted octanol–water partition coefficient (Wildman–Crippen LogP) is 2.24. The Hall–Kier alpha value is -2.69. The van der Waals surface area contributed by atoms with Crippen LogP contribution < -0.4 is 15.8 Å². The number of hydrogen-bond acceptors (Lipinski definition) is 4. The van der Waals surface area contributed by atoms with Crippen molar-refractivity contribution in [1.29, 1.82) is 0 Å². The number of benzene rings is 2. The van der Waals surface area contributed by atoms with Gasteiger partial charge in [0.15, 0.2) is 5.75 Å². The lowest BCUT2D eigenvalue weighted by molar-refractivity contribution is 0.102. The molecule has 0 aliphatic heterocycles. The first-order chi connectivity index (χ1) is 9.13. The fourth-order valence-electron chi connectivity index (χ4n) is 1.68. The molecule has 0 heterocycles. The second-order valence-corrected chi connectivity index (χ2v) is 3.90. The summed E-state index contributed by atoms with van der Waals surface area (Å²) in [5.74, 6) is -0.136. The quantitative estimate of drug-likeness (QED) is 0.582. The molecule has 0 aliphatic rings. The minimum Gasteiger partial charge on any atom is -0.505 e. The molecule has 5 heteroatoms. The van der Waals surface area contributed by atoms with E-state index in [4.69, 9.17) is 10.5 Å². The van der Waals surface area contributed by atoms with E-state index in [9.17, 15) is 9.90 Å². The maximum Gasteiger partial charge on any atom is 0.259 e. The first-order valence-corrected chi connectivity index (χ1v) is 5.65. The van der Waals surface area contributed by atoms with Gasteiger partial charge in [-0.15, -0.1) is 0 Å². The highest BCUT2D eigenvalue weighted by molar-refractivity contribution is 6.07. The zero-order valence-electron chi connectivity index (χ0n) is 10.4. The topological polar surface area (TPSA) is 84.6 Å². The summed E-state index contributed by atoms with van der Waals surface area (Å²) < 4.78 is 5.13. The number of carbonyl (C=O) groups is 1. The number of ether oxygens (including phenoxy) is 1. The summed E-state index contributed by atoms with van der Waals surface area (Å²) in [6.45, 7) is 0. The zero-order chi connectivity index (χ0) is 13.8. The number of nitrogens with two attached hydrogens (primary N) is 1. The Morgan fingerprint density at radius 1 is 1.21 bits per heavy atom. The fourth-order valence-corrected chi connectivity index (χ4v) is 1.68. The summed E-state index contributed by atoms with van der Waals surface area (Å²) in [5, 5.41) is 12.4. The third-order valence-corrected chi connectivity index (χ3v) is 2.67. The number of nitrogen functional groups attached to an aromatic ring is 1. The van der Waals surface area contributed by atoms with Crippen LogP contribution in [0.3, 0.4) is 0 Å². The van der Waals surface area contributed by atoms with E-state index in [-0.39, 0.29) is 17.0 Å². The summed E-state index contributed by atoms with van der Waals surface area (Å²) in [6, 6.07) is 11.6. The Morgan fingerprint density at radius 2 is 1.95 bits per heavy atom. The lowest BCUT2D eigenvalue weighted by Gasteiger charge is -2.11. The molecule has 2 rings (SSSR count). The standard InChI is InChI=1S/C14H14N2O3/c1-19-12-8-3-2-7-11(12)16-14(18)9-5-4-6-10(15)13(9)17/h2-8,17H,15H2,1H3,(H,16,18). The average Bonchev–Trinajstić information content (AvgIpc) is 2.42. The molecule has 0 aromatic heterocycles. The van der Waals surface area contributed by atoms with Crippen LogP contribution in [-0.2, 0) is 0 Å². The molecule has 0 spiro atoms. The number of carbonyl (C=O) groups excluding carboxylic acids is 1. The highest BCUT2D eigenvalue weighted by Gasteiger charge is 2.14. The summed E-state index contributed by atoms with van der Waals surface area (Å²) in [7, 11) is 1.52. The summed E-state index contributed by atoms with van der Waals surface area (Å²) in [6.07, 6.45) is 0. The molecule has 0 fully saturated rings. The Morgan fingerprint density at radius 3 is 2.68 bits per heavy atom. The number of nitrogens with one attached hydrogen (secondary N) is 1. The molecule has 0 atom stereocenters. The number of rotatable bonds is 3. The summed E-state index contributed by atoms with van der Waals surface area (Å²) in [5.41, 5.74) is 6.35. The number of amides is 1. The molecule has 2 aromatic carbocycles. The van der Waals surface area contributed by atoms with Crippen LogP contribution in [0.15, 0.2) is 42.5 Å². The number of phenols is 1. The molecule has 19 heavy (non-hydrogen) atoms. The molecule has 0 radical (unpaired) electrons. The van der Waals surface area contributed by atoms with Gasteiger partial charge in [0, 0.05) is 0 Å². The van der Waals surface area contributed by atoms with Crippen molar-refractivity contribution in [1.82, 2.24) is 0 Å². The third-order valence-electron chi connectivity index (χ3n) is 2.67. The molecule has 0 aliphatic carbocycles. The maximum absolute atomic E-state index is 12.1. The van der Waals surface area contributed by atoms with Crippen LogP contribution in [0.2, 0.25) is 0 Å².